The lowest BCUT2D eigenvalue weighted by Gasteiger charge is -2.05. The van der Waals surface area contributed by atoms with Gasteiger partial charge >= 0.3 is 5.97 Å². The Morgan fingerprint density at radius 1 is 1.12 bits per heavy atom. The number of nitro benzene ring substituents is 1. The Bertz CT molecular complexity index is 787. The van der Waals surface area contributed by atoms with Gasteiger partial charge in [-0.15, -0.1) is 0 Å². The molecule has 0 fully saturated rings. The smallest absolute Gasteiger partial charge is 0.325 e. The van der Waals surface area contributed by atoms with Crippen molar-refractivity contribution in [3.05, 3.63) is 81.9 Å². The van der Waals surface area contributed by atoms with E-state index >= 15 is 0 Å². The summed E-state index contributed by atoms with van der Waals surface area (Å²) in [5.74, 6) is -1.18. The molecule has 0 aliphatic carbocycles. The average molecular weight is 340 g/mol. The first-order valence-corrected chi connectivity index (χ1v) is 7.46. The maximum Gasteiger partial charge on any atom is 0.325 e. The van der Waals surface area contributed by atoms with E-state index < -0.39 is 16.8 Å². The number of ether oxygens (including phenoxy) is 1. The van der Waals surface area contributed by atoms with Crippen LogP contribution in [0.1, 0.15) is 15.9 Å². The van der Waals surface area contributed by atoms with Crippen LogP contribution < -0.4 is 5.32 Å². The third kappa shape index (κ3) is 5.91. The molecule has 0 radical (unpaired) electrons. The lowest BCUT2D eigenvalue weighted by atomic mass is 10.2. The monoisotopic (exact) mass is 340 g/mol. The van der Waals surface area contributed by atoms with Crippen LogP contribution in [-0.2, 0) is 9.53 Å². The molecule has 0 saturated carbocycles. The molecule has 2 rings (SSSR count). The Kier molecular flexibility index (Phi) is 6.41. The molecule has 0 bridgehead atoms. The van der Waals surface area contributed by atoms with Crippen LogP contribution in [0, 0.1) is 10.1 Å². The Labute approximate surface area is 144 Å². The topological polar surface area (TPSA) is 98.5 Å². The first kappa shape index (κ1) is 17.9. The molecule has 25 heavy (non-hydrogen) atoms. The summed E-state index contributed by atoms with van der Waals surface area (Å²) in [5, 5.41) is 13.0. The third-order valence-corrected chi connectivity index (χ3v) is 3.16. The number of hydrogen-bond acceptors (Lipinski definition) is 5. The van der Waals surface area contributed by atoms with Crippen molar-refractivity contribution in [1.29, 1.82) is 0 Å². The lowest BCUT2D eigenvalue weighted by molar-refractivity contribution is -0.384. The van der Waals surface area contributed by atoms with Crippen molar-refractivity contribution in [2.45, 2.75) is 0 Å². The second kappa shape index (κ2) is 8.97. The fourth-order valence-electron chi connectivity index (χ4n) is 1.96. The van der Waals surface area contributed by atoms with Crippen molar-refractivity contribution in [1.82, 2.24) is 5.32 Å². The van der Waals surface area contributed by atoms with Crippen LogP contribution in [0.5, 0.6) is 0 Å². The molecule has 0 aliphatic heterocycles. The highest BCUT2D eigenvalue weighted by molar-refractivity contribution is 5.96. The first-order chi connectivity index (χ1) is 12.1. The van der Waals surface area contributed by atoms with E-state index in [1.807, 2.05) is 36.4 Å². The molecule has 0 aromatic heterocycles. The summed E-state index contributed by atoms with van der Waals surface area (Å²) in [4.78, 5) is 33.6. The van der Waals surface area contributed by atoms with Crippen LogP contribution in [0.3, 0.4) is 0 Å². The summed E-state index contributed by atoms with van der Waals surface area (Å²) in [5.41, 5.74) is 0.893. The number of benzene rings is 2. The zero-order chi connectivity index (χ0) is 18.1. The molecular formula is C18H16N2O5. The quantitative estimate of drug-likeness (QED) is 0.474. The van der Waals surface area contributed by atoms with Gasteiger partial charge in [0.25, 0.3) is 11.6 Å². The minimum atomic E-state index is -0.600. The Balaban J connectivity index is 1.76. The minimum Gasteiger partial charge on any atom is -0.460 e. The van der Waals surface area contributed by atoms with Crippen LogP contribution in [0.15, 0.2) is 60.7 Å². The van der Waals surface area contributed by atoms with E-state index in [-0.39, 0.29) is 24.4 Å². The van der Waals surface area contributed by atoms with Gasteiger partial charge in [0.1, 0.15) is 13.2 Å². The van der Waals surface area contributed by atoms with Gasteiger partial charge in [-0.2, -0.15) is 0 Å². The van der Waals surface area contributed by atoms with Crippen LogP contribution in [0.25, 0.3) is 6.08 Å². The summed E-state index contributed by atoms with van der Waals surface area (Å²) in [6.45, 7) is -0.235. The van der Waals surface area contributed by atoms with E-state index in [4.69, 9.17) is 4.74 Å². The van der Waals surface area contributed by atoms with Crippen LogP contribution in [0.2, 0.25) is 0 Å². The number of rotatable bonds is 7. The van der Waals surface area contributed by atoms with Gasteiger partial charge < -0.3 is 10.1 Å². The highest BCUT2D eigenvalue weighted by Crippen LogP contribution is 2.12. The highest BCUT2D eigenvalue weighted by atomic mass is 16.6. The zero-order valence-electron chi connectivity index (χ0n) is 13.3. The van der Waals surface area contributed by atoms with Gasteiger partial charge in [-0.3, -0.25) is 19.7 Å². The number of non-ortho nitro benzene ring substituents is 1. The van der Waals surface area contributed by atoms with Gasteiger partial charge in [-0.05, 0) is 17.7 Å². The second-order valence-electron chi connectivity index (χ2n) is 4.99. The first-order valence-electron chi connectivity index (χ1n) is 7.46. The highest BCUT2D eigenvalue weighted by Gasteiger charge is 2.12. The molecule has 7 nitrogen and oxygen atoms in total. The summed E-state index contributed by atoms with van der Waals surface area (Å²) in [6.07, 6.45) is 3.50. The third-order valence-electron chi connectivity index (χ3n) is 3.16. The van der Waals surface area contributed by atoms with Crippen LogP contribution in [-0.4, -0.2) is 30.0 Å². The molecule has 0 saturated heterocycles. The number of nitrogens with one attached hydrogen (secondary N) is 1. The Hall–Kier alpha value is -3.48. The van der Waals surface area contributed by atoms with E-state index in [1.54, 1.807) is 6.08 Å². The number of nitrogens with zero attached hydrogens (tertiary/aromatic N) is 1. The van der Waals surface area contributed by atoms with E-state index in [2.05, 4.69) is 5.32 Å². The predicted molar refractivity (Wildman–Crippen MR) is 91.9 cm³/mol. The van der Waals surface area contributed by atoms with Gasteiger partial charge in [0, 0.05) is 17.7 Å². The summed E-state index contributed by atoms with van der Waals surface area (Å²) in [7, 11) is 0. The second-order valence-corrected chi connectivity index (χ2v) is 4.99. The molecule has 128 valence electrons. The summed E-state index contributed by atoms with van der Waals surface area (Å²) < 4.78 is 4.96. The van der Waals surface area contributed by atoms with Crippen molar-refractivity contribution in [2.24, 2.45) is 0 Å². The van der Waals surface area contributed by atoms with Gasteiger partial charge in [-0.25, -0.2) is 0 Å². The zero-order valence-corrected chi connectivity index (χ0v) is 13.3. The predicted octanol–water partition coefficient (Wildman–Crippen LogP) is 2.58. The molecule has 2 aromatic rings. The van der Waals surface area contributed by atoms with Gasteiger partial charge in [0.05, 0.1) is 4.92 Å². The molecular weight excluding hydrogens is 324 g/mol. The minimum absolute atomic E-state index is 0.0837. The van der Waals surface area contributed by atoms with Crippen molar-refractivity contribution in [3.8, 4) is 0 Å². The fraction of sp³-hybridized carbons (Fsp3) is 0.111. The van der Waals surface area contributed by atoms with Crippen LogP contribution in [0.4, 0.5) is 5.69 Å². The Morgan fingerprint density at radius 3 is 2.60 bits per heavy atom. The number of amides is 1. The molecule has 0 unspecified atom stereocenters. The molecule has 1 amide bonds. The molecule has 0 heterocycles. The number of esters is 1. The number of nitro groups is 1. The summed E-state index contributed by atoms with van der Waals surface area (Å²) in [6, 6.07) is 14.8. The SMILES string of the molecule is O=C(CNC(=O)c1cccc([N+](=O)[O-])c1)OC/C=C/c1ccccc1. The standard InChI is InChI=1S/C18H16N2O5/c21-17(25-11-5-8-14-6-2-1-3-7-14)13-19-18(22)15-9-4-10-16(12-15)20(23)24/h1-10,12H,11,13H2,(H,19,22)/b8-5+. The van der Waals surface area contributed by atoms with Crippen molar-refractivity contribution >= 4 is 23.6 Å². The van der Waals surface area contributed by atoms with Gasteiger partial charge in [0.15, 0.2) is 0 Å². The number of hydrogen-bond donors (Lipinski definition) is 1. The normalized spacial score (nSPS) is 10.4. The van der Waals surface area contributed by atoms with E-state index in [0.29, 0.717) is 0 Å². The number of carbonyl (C=O) groups is 2. The van der Waals surface area contributed by atoms with Crippen molar-refractivity contribution < 1.29 is 19.2 Å². The molecule has 0 aliphatic rings. The molecule has 2 aromatic carbocycles. The van der Waals surface area contributed by atoms with Gasteiger partial charge in [-0.1, -0.05) is 42.5 Å². The molecule has 0 spiro atoms. The fourth-order valence-corrected chi connectivity index (χ4v) is 1.96. The average Bonchev–Trinajstić information content (AvgIpc) is 2.64. The van der Waals surface area contributed by atoms with E-state index in [1.165, 1.54) is 18.2 Å². The number of carbonyl (C=O) groups excluding carboxylic acids is 2. The van der Waals surface area contributed by atoms with E-state index in [0.717, 1.165) is 11.6 Å². The van der Waals surface area contributed by atoms with Crippen LogP contribution >= 0.6 is 0 Å². The lowest BCUT2D eigenvalue weighted by Crippen LogP contribution is -2.30. The molecule has 0 atom stereocenters. The van der Waals surface area contributed by atoms with E-state index in [9.17, 15) is 19.7 Å². The maximum absolute atomic E-state index is 11.9. The largest absolute Gasteiger partial charge is 0.460 e. The maximum atomic E-state index is 11.9. The molecule has 7 heteroatoms. The summed E-state index contributed by atoms with van der Waals surface area (Å²) >= 11 is 0. The van der Waals surface area contributed by atoms with Crippen molar-refractivity contribution in [2.75, 3.05) is 13.2 Å². The van der Waals surface area contributed by atoms with Crippen molar-refractivity contribution in [3.63, 3.8) is 0 Å². The molecule has 1 N–H and O–H groups in total. The van der Waals surface area contributed by atoms with Gasteiger partial charge in [0.2, 0.25) is 0 Å². The Morgan fingerprint density at radius 2 is 1.88 bits per heavy atom.